The van der Waals surface area contributed by atoms with Crippen LogP contribution in [-0.4, -0.2) is 25.9 Å². The lowest BCUT2D eigenvalue weighted by Crippen LogP contribution is -2.02. The first kappa shape index (κ1) is 13.7. The van der Waals surface area contributed by atoms with E-state index in [1.807, 2.05) is 12.3 Å². The molecule has 0 aliphatic rings. The Hall–Kier alpha value is -1.25. The summed E-state index contributed by atoms with van der Waals surface area (Å²) < 4.78 is 5.24. The van der Waals surface area contributed by atoms with Gasteiger partial charge in [0.2, 0.25) is 5.95 Å². The van der Waals surface area contributed by atoms with Crippen LogP contribution in [0.15, 0.2) is 20.8 Å². The predicted octanol–water partition coefficient (Wildman–Crippen LogP) is 3.69. The number of anilines is 1. The summed E-state index contributed by atoms with van der Waals surface area (Å²) in [6, 6.07) is 2.06. The minimum atomic E-state index is 0.671. The van der Waals surface area contributed by atoms with E-state index in [9.17, 15) is 0 Å². The monoisotopic (exact) mass is 323 g/mol. The van der Waals surface area contributed by atoms with Crippen molar-refractivity contribution in [3.63, 3.8) is 0 Å². The number of aromatic nitrogens is 4. The first-order valence-electron chi connectivity index (χ1n) is 6.29. The second kappa shape index (κ2) is 6.02. The molecule has 3 rings (SSSR count). The second-order valence-electron chi connectivity index (χ2n) is 3.95. The van der Waals surface area contributed by atoms with E-state index in [0.717, 1.165) is 38.4 Å². The van der Waals surface area contributed by atoms with E-state index in [2.05, 4.69) is 37.6 Å². The topological polar surface area (TPSA) is 63.6 Å². The zero-order valence-electron chi connectivity index (χ0n) is 11.1. The van der Waals surface area contributed by atoms with Gasteiger partial charge < -0.3 is 5.32 Å². The standard InChI is InChI=1S/C12H13N5S3/c1-3-8-14-12(20-17-8)19-10-7-5-6-18-9(7)15-11(16-10)13-4-2/h5-6H,3-4H2,1-2H3,(H,13,15,16). The van der Waals surface area contributed by atoms with Crippen LogP contribution in [0.2, 0.25) is 0 Å². The van der Waals surface area contributed by atoms with Gasteiger partial charge in [0.15, 0.2) is 4.34 Å². The number of nitrogens with one attached hydrogen (secondary N) is 1. The third kappa shape index (κ3) is 2.77. The van der Waals surface area contributed by atoms with E-state index in [4.69, 9.17) is 0 Å². The molecule has 0 amide bonds. The fourth-order valence-corrected chi connectivity index (χ4v) is 4.20. The molecule has 5 nitrogen and oxygen atoms in total. The average Bonchev–Trinajstić information content (AvgIpc) is 3.07. The van der Waals surface area contributed by atoms with Crippen molar-refractivity contribution in [3.8, 4) is 0 Å². The molecule has 0 spiro atoms. The normalized spacial score (nSPS) is 11.1. The molecule has 8 heteroatoms. The quantitative estimate of drug-likeness (QED) is 0.723. The van der Waals surface area contributed by atoms with Gasteiger partial charge in [-0.3, -0.25) is 0 Å². The van der Waals surface area contributed by atoms with Gasteiger partial charge in [-0.2, -0.15) is 4.37 Å². The highest BCUT2D eigenvalue weighted by atomic mass is 32.2. The Morgan fingerprint density at radius 1 is 1.25 bits per heavy atom. The van der Waals surface area contributed by atoms with Crippen molar-refractivity contribution < 1.29 is 0 Å². The maximum atomic E-state index is 4.58. The number of nitrogens with zero attached hydrogens (tertiary/aromatic N) is 4. The van der Waals surface area contributed by atoms with E-state index in [-0.39, 0.29) is 0 Å². The maximum absolute atomic E-state index is 4.58. The summed E-state index contributed by atoms with van der Waals surface area (Å²) >= 11 is 4.61. The first-order valence-corrected chi connectivity index (χ1v) is 8.76. The van der Waals surface area contributed by atoms with Crippen LogP contribution in [0.5, 0.6) is 0 Å². The van der Waals surface area contributed by atoms with Crippen molar-refractivity contribution in [2.45, 2.75) is 29.6 Å². The third-order valence-electron chi connectivity index (χ3n) is 2.57. The molecule has 0 radical (unpaired) electrons. The summed E-state index contributed by atoms with van der Waals surface area (Å²) in [4.78, 5) is 14.6. The van der Waals surface area contributed by atoms with Crippen molar-refractivity contribution in [3.05, 3.63) is 17.3 Å². The summed E-state index contributed by atoms with van der Waals surface area (Å²) in [5.41, 5.74) is 0. The Morgan fingerprint density at radius 3 is 2.90 bits per heavy atom. The molecule has 0 aliphatic heterocycles. The fourth-order valence-electron chi connectivity index (χ4n) is 1.65. The average molecular weight is 323 g/mol. The Kier molecular flexibility index (Phi) is 4.13. The molecule has 1 N–H and O–H groups in total. The summed E-state index contributed by atoms with van der Waals surface area (Å²) in [7, 11) is 0. The van der Waals surface area contributed by atoms with E-state index < -0.39 is 0 Å². The zero-order valence-corrected chi connectivity index (χ0v) is 13.5. The Labute approximate surface area is 129 Å². The van der Waals surface area contributed by atoms with Crippen molar-refractivity contribution in [2.24, 2.45) is 0 Å². The highest BCUT2D eigenvalue weighted by Crippen LogP contribution is 2.35. The van der Waals surface area contributed by atoms with E-state index >= 15 is 0 Å². The highest BCUT2D eigenvalue weighted by Gasteiger charge is 2.12. The van der Waals surface area contributed by atoms with Crippen molar-refractivity contribution in [1.29, 1.82) is 0 Å². The van der Waals surface area contributed by atoms with Gasteiger partial charge in [0, 0.05) is 18.4 Å². The Balaban J connectivity index is 1.98. The number of aryl methyl sites for hydroxylation is 1. The minimum Gasteiger partial charge on any atom is -0.354 e. The van der Waals surface area contributed by atoms with Gasteiger partial charge in [-0.1, -0.05) is 6.92 Å². The molecular weight excluding hydrogens is 310 g/mol. The van der Waals surface area contributed by atoms with Crippen molar-refractivity contribution in [1.82, 2.24) is 19.3 Å². The molecule has 3 aromatic rings. The first-order chi connectivity index (χ1) is 9.80. The van der Waals surface area contributed by atoms with Crippen molar-refractivity contribution in [2.75, 3.05) is 11.9 Å². The fraction of sp³-hybridized carbons (Fsp3) is 0.333. The second-order valence-corrected chi connectivity index (χ2v) is 6.84. The number of rotatable bonds is 5. The van der Waals surface area contributed by atoms with Gasteiger partial charge in [0.05, 0.1) is 0 Å². The molecule has 0 unspecified atom stereocenters. The van der Waals surface area contributed by atoms with Gasteiger partial charge >= 0.3 is 0 Å². The van der Waals surface area contributed by atoms with Crippen LogP contribution in [0.3, 0.4) is 0 Å². The van der Waals surface area contributed by atoms with Gasteiger partial charge in [0.25, 0.3) is 0 Å². The molecule has 0 aliphatic carbocycles. The van der Waals surface area contributed by atoms with Gasteiger partial charge in [-0.05, 0) is 41.7 Å². The molecule has 0 fully saturated rings. The van der Waals surface area contributed by atoms with E-state index in [1.54, 1.807) is 23.1 Å². The summed E-state index contributed by atoms with van der Waals surface area (Å²) in [6.45, 7) is 4.90. The van der Waals surface area contributed by atoms with Crippen LogP contribution in [0.4, 0.5) is 5.95 Å². The molecule has 3 aromatic heterocycles. The molecule has 3 heterocycles. The number of hydrogen-bond acceptors (Lipinski definition) is 8. The Bertz CT molecular complexity index is 721. The number of thiophene rings is 1. The lowest BCUT2D eigenvalue weighted by molar-refractivity contribution is 0.970. The lowest BCUT2D eigenvalue weighted by Gasteiger charge is -2.04. The molecule has 0 aromatic carbocycles. The molecule has 0 atom stereocenters. The van der Waals surface area contributed by atoms with Crippen LogP contribution in [-0.2, 0) is 6.42 Å². The summed E-state index contributed by atoms with van der Waals surface area (Å²) in [5, 5.41) is 7.22. The van der Waals surface area contributed by atoms with Crippen molar-refractivity contribution >= 4 is 50.8 Å². The number of fused-ring (bicyclic) bond motifs is 1. The van der Waals surface area contributed by atoms with E-state index in [1.165, 1.54) is 11.5 Å². The van der Waals surface area contributed by atoms with Gasteiger partial charge in [-0.15, -0.1) is 11.3 Å². The molecule has 0 saturated carbocycles. The molecule has 104 valence electrons. The van der Waals surface area contributed by atoms with E-state index in [0.29, 0.717) is 5.95 Å². The summed E-state index contributed by atoms with van der Waals surface area (Å²) in [6.07, 6.45) is 0.858. The Morgan fingerprint density at radius 2 is 2.15 bits per heavy atom. The SMILES string of the molecule is CCNc1nc(Sc2nc(CC)ns2)c2ccsc2n1. The predicted molar refractivity (Wildman–Crippen MR) is 85.0 cm³/mol. The zero-order chi connectivity index (χ0) is 13.9. The van der Waals surface area contributed by atoms with Crippen LogP contribution in [0.25, 0.3) is 10.2 Å². The number of hydrogen-bond donors (Lipinski definition) is 1. The smallest absolute Gasteiger partial charge is 0.225 e. The van der Waals surface area contributed by atoms with Gasteiger partial charge in [-0.25, -0.2) is 15.0 Å². The summed E-state index contributed by atoms with van der Waals surface area (Å²) in [5.74, 6) is 1.56. The van der Waals surface area contributed by atoms with Crippen LogP contribution < -0.4 is 5.32 Å². The van der Waals surface area contributed by atoms with Crippen LogP contribution >= 0.6 is 34.6 Å². The molecular formula is C12H13N5S3. The van der Waals surface area contributed by atoms with Crippen LogP contribution in [0, 0.1) is 0 Å². The minimum absolute atomic E-state index is 0.671. The largest absolute Gasteiger partial charge is 0.354 e. The highest BCUT2D eigenvalue weighted by molar-refractivity contribution is 8.01. The molecule has 0 saturated heterocycles. The molecule has 0 bridgehead atoms. The third-order valence-corrected chi connectivity index (χ3v) is 5.17. The van der Waals surface area contributed by atoms with Crippen LogP contribution in [0.1, 0.15) is 19.7 Å². The molecule has 20 heavy (non-hydrogen) atoms. The van der Waals surface area contributed by atoms with Gasteiger partial charge in [0.1, 0.15) is 15.7 Å². The maximum Gasteiger partial charge on any atom is 0.225 e. The lowest BCUT2D eigenvalue weighted by atomic mass is 10.4.